The van der Waals surface area contributed by atoms with Gasteiger partial charge in [-0.25, -0.2) is 9.97 Å². The number of pyridine rings is 1. The van der Waals surface area contributed by atoms with Crippen LogP contribution in [0.1, 0.15) is 53.7 Å². The van der Waals surface area contributed by atoms with Crippen LogP contribution in [0.25, 0.3) is 16.8 Å². The lowest BCUT2D eigenvalue weighted by atomic mass is 10.1. The summed E-state index contributed by atoms with van der Waals surface area (Å²) in [5.41, 5.74) is 4.87. The number of rotatable bonds is 8. The lowest BCUT2D eigenvalue weighted by molar-refractivity contribution is -0.117. The minimum atomic E-state index is -0.343. The number of amides is 2. The quantitative estimate of drug-likeness (QED) is 0.366. The first-order valence-electron chi connectivity index (χ1n) is 11.5. The molecule has 1 atom stereocenters. The van der Waals surface area contributed by atoms with Crippen molar-refractivity contribution >= 4 is 23.1 Å². The summed E-state index contributed by atoms with van der Waals surface area (Å²) in [6, 6.07) is 10.8. The highest BCUT2D eigenvalue weighted by Crippen LogP contribution is 2.29. The number of hydrogen-bond acceptors (Lipinski definition) is 5. The summed E-state index contributed by atoms with van der Waals surface area (Å²) in [5, 5.41) is 5.73. The fourth-order valence-corrected chi connectivity index (χ4v) is 4.02. The maximum Gasteiger partial charge on any atom is 0.256 e. The Labute approximate surface area is 204 Å². The molecule has 1 aromatic carbocycles. The van der Waals surface area contributed by atoms with Crippen LogP contribution in [0.2, 0.25) is 0 Å². The van der Waals surface area contributed by atoms with Crippen molar-refractivity contribution in [2.75, 3.05) is 5.32 Å². The molecule has 4 aromatic rings. The van der Waals surface area contributed by atoms with Gasteiger partial charge in [-0.15, -0.1) is 0 Å². The Morgan fingerprint density at radius 2 is 1.91 bits per heavy atom. The number of imidazole rings is 1. The number of nitrogens with one attached hydrogen (secondary N) is 2. The van der Waals surface area contributed by atoms with Gasteiger partial charge in [0.05, 0.1) is 22.9 Å². The van der Waals surface area contributed by atoms with Gasteiger partial charge in [0, 0.05) is 29.7 Å². The van der Waals surface area contributed by atoms with Gasteiger partial charge in [-0.1, -0.05) is 32.1 Å². The lowest BCUT2D eigenvalue weighted by Gasteiger charge is -2.11. The van der Waals surface area contributed by atoms with Crippen LogP contribution in [0.5, 0.6) is 0 Å². The highest BCUT2D eigenvalue weighted by Gasteiger charge is 2.20. The molecule has 178 valence electrons. The molecule has 8 nitrogen and oxygen atoms in total. The topological polar surface area (TPSA) is 101 Å². The van der Waals surface area contributed by atoms with E-state index in [4.69, 9.17) is 4.98 Å². The maximum absolute atomic E-state index is 12.8. The Balaban J connectivity index is 1.62. The number of fused-ring (bicyclic) bond motifs is 1. The molecule has 35 heavy (non-hydrogen) atoms. The van der Waals surface area contributed by atoms with Crippen molar-refractivity contribution in [2.24, 2.45) is 0 Å². The van der Waals surface area contributed by atoms with Gasteiger partial charge >= 0.3 is 0 Å². The van der Waals surface area contributed by atoms with Gasteiger partial charge in [-0.05, 0) is 56.2 Å². The molecule has 0 saturated carbocycles. The Morgan fingerprint density at radius 3 is 2.63 bits per heavy atom. The predicted octanol–water partition coefficient (Wildman–Crippen LogP) is 4.67. The molecular formula is C27H28N6O2. The zero-order valence-corrected chi connectivity index (χ0v) is 20.1. The van der Waals surface area contributed by atoms with E-state index >= 15 is 0 Å². The fraction of sp³-hybridized carbons (Fsp3) is 0.222. The van der Waals surface area contributed by atoms with Crippen LogP contribution >= 0.6 is 0 Å². The lowest BCUT2D eigenvalue weighted by Crippen LogP contribution is -2.26. The molecule has 4 rings (SSSR count). The molecule has 0 fully saturated rings. The van der Waals surface area contributed by atoms with E-state index < -0.39 is 0 Å². The van der Waals surface area contributed by atoms with Crippen LogP contribution in [0.3, 0.4) is 0 Å². The number of aromatic nitrogens is 4. The van der Waals surface area contributed by atoms with Crippen molar-refractivity contribution in [2.45, 2.75) is 39.7 Å². The summed E-state index contributed by atoms with van der Waals surface area (Å²) < 4.78 is 1.93. The molecule has 2 amide bonds. The Kier molecular flexibility index (Phi) is 7.01. The molecule has 2 N–H and O–H groups in total. The van der Waals surface area contributed by atoms with Crippen molar-refractivity contribution in [3.05, 3.63) is 90.3 Å². The molecule has 0 unspecified atom stereocenters. The number of carbonyl (C=O) groups excluding carboxylic acids is 2. The molecule has 0 bridgehead atoms. The van der Waals surface area contributed by atoms with E-state index in [0.29, 0.717) is 17.2 Å². The van der Waals surface area contributed by atoms with Gasteiger partial charge in [-0.3, -0.25) is 19.0 Å². The van der Waals surface area contributed by atoms with E-state index in [1.807, 2.05) is 48.7 Å². The number of carbonyl (C=O) groups is 2. The standard InChI is InChI=1S/C27H28N6O2/c1-5-7-19-12-13-29-22(16-19)31-27(35)21-10-8-20(9-11-21)24-25-17(3)28-14-15-33(25)26(32-24)18(4)30-23(34)6-2/h6,8-16,18H,2,5,7H2,1,3-4H3,(H,30,34)(H,29,31,35)/t18-/m0/s1. The molecule has 3 aromatic heterocycles. The van der Waals surface area contributed by atoms with Crippen molar-refractivity contribution in [1.29, 1.82) is 0 Å². The van der Waals surface area contributed by atoms with E-state index in [2.05, 4.69) is 34.1 Å². The zero-order chi connectivity index (χ0) is 24.9. The summed E-state index contributed by atoms with van der Waals surface area (Å²) in [5.74, 6) is 0.709. The number of aryl methyl sites for hydroxylation is 2. The molecule has 0 radical (unpaired) electrons. The van der Waals surface area contributed by atoms with Crippen molar-refractivity contribution in [1.82, 2.24) is 24.7 Å². The Hall–Kier alpha value is -4.33. The van der Waals surface area contributed by atoms with Gasteiger partial charge < -0.3 is 10.6 Å². The normalized spacial score (nSPS) is 11.7. The molecule has 0 saturated heterocycles. The first-order valence-corrected chi connectivity index (χ1v) is 11.5. The highest BCUT2D eigenvalue weighted by atomic mass is 16.2. The van der Waals surface area contributed by atoms with Crippen LogP contribution in [0.15, 0.2) is 67.6 Å². The maximum atomic E-state index is 12.8. The largest absolute Gasteiger partial charge is 0.343 e. The van der Waals surface area contributed by atoms with Crippen molar-refractivity contribution < 1.29 is 9.59 Å². The minimum Gasteiger partial charge on any atom is -0.343 e. The van der Waals surface area contributed by atoms with E-state index in [9.17, 15) is 9.59 Å². The fourth-order valence-electron chi connectivity index (χ4n) is 4.02. The number of nitrogens with zero attached hydrogens (tertiary/aromatic N) is 4. The van der Waals surface area contributed by atoms with Crippen molar-refractivity contribution in [3.8, 4) is 11.3 Å². The zero-order valence-electron chi connectivity index (χ0n) is 20.1. The van der Waals surface area contributed by atoms with E-state index in [1.54, 1.807) is 24.5 Å². The smallest absolute Gasteiger partial charge is 0.256 e. The average Bonchev–Trinajstić information content (AvgIpc) is 3.26. The highest BCUT2D eigenvalue weighted by molar-refractivity contribution is 6.04. The van der Waals surface area contributed by atoms with Crippen LogP contribution < -0.4 is 10.6 Å². The third-order valence-corrected chi connectivity index (χ3v) is 5.72. The van der Waals surface area contributed by atoms with Crippen LogP contribution in [0.4, 0.5) is 5.82 Å². The van der Waals surface area contributed by atoms with E-state index in [1.165, 1.54) is 6.08 Å². The average molecular weight is 469 g/mol. The van der Waals surface area contributed by atoms with E-state index in [0.717, 1.165) is 40.9 Å². The van der Waals surface area contributed by atoms with Crippen LogP contribution in [-0.2, 0) is 11.2 Å². The van der Waals surface area contributed by atoms with Crippen LogP contribution in [-0.4, -0.2) is 31.2 Å². The molecule has 8 heteroatoms. The van der Waals surface area contributed by atoms with Gasteiger partial charge in [0.25, 0.3) is 5.91 Å². The van der Waals surface area contributed by atoms with Crippen LogP contribution in [0, 0.1) is 6.92 Å². The molecule has 3 heterocycles. The summed E-state index contributed by atoms with van der Waals surface area (Å²) in [6.45, 7) is 9.41. The molecule has 0 aliphatic heterocycles. The summed E-state index contributed by atoms with van der Waals surface area (Å²) in [4.78, 5) is 38.1. The number of anilines is 1. The molecule has 0 aliphatic carbocycles. The van der Waals surface area contributed by atoms with Gasteiger partial charge in [0.2, 0.25) is 5.91 Å². The number of hydrogen-bond donors (Lipinski definition) is 2. The summed E-state index contributed by atoms with van der Waals surface area (Å²) in [6.07, 6.45) is 8.43. The van der Waals surface area contributed by atoms with Gasteiger partial charge in [-0.2, -0.15) is 0 Å². The third-order valence-electron chi connectivity index (χ3n) is 5.72. The van der Waals surface area contributed by atoms with E-state index in [-0.39, 0.29) is 17.9 Å². The second-order valence-electron chi connectivity index (χ2n) is 8.32. The van der Waals surface area contributed by atoms with Gasteiger partial charge in [0.1, 0.15) is 11.6 Å². The number of benzene rings is 1. The minimum absolute atomic E-state index is 0.230. The third kappa shape index (κ3) is 5.11. The SMILES string of the molecule is C=CC(=O)N[C@@H](C)c1nc(-c2ccc(C(=O)Nc3cc(CCC)ccn3)cc2)c2c(C)nccn12. The first-order chi connectivity index (χ1) is 16.9. The summed E-state index contributed by atoms with van der Waals surface area (Å²) >= 11 is 0. The first kappa shape index (κ1) is 23.8. The Morgan fingerprint density at radius 1 is 1.14 bits per heavy atom. The molecule has 0 aliphatic rings. The summed E-state index contributed by atoms with van der Waals surface area (Å²) in [7, 11) is 0. The predicted molar refractivity (Wildman–Crippen MR) is 136 cm³/mol. The monoisotopic (exact) mass is 468 g/mol. The second-order valence-corrected chi connectivity index (χ2v) is 8.32. The molecule has 0 spiro atoms. The second kappa shape index (κ2) is 10.3. The Bertz CT molecular complexity index is 1390. The van der Waals surface area contributed by atoms with Gasteiger partial charge in [0.15, 0.2) is 0 Å². The molecular weight excluding hydrogens is 440 g/mol. The van der Waals surface area contributed by atoms with Crippen molar-refractivity contribution in [3.63, 3.8) is 0 Å².